The normalized spacial score (nSPS) is 25.1. The number of ether oxygens (including phenoxy) is 4. The highest BCUT2D eigenvalue weighted by Gasteiger charge is 2.51. The third kappa shape index (κ3) is 34.7. The molecule has 12 atom stereocenters. The molecule has 2 fully saturated rings. The summed E-state index contributed by atoms with van der Waals surface area (Å²) < 4.78 is 22.7. The molecule has 456 valence electrons. The molecule has 0 spiro atoms. The number of hydrogen-bond donors (Lipinski definition) is 9. The van der Waals surface area contributed by atoms with Crippen molar-refractivity contribution in [3.63, 3.8) is 0 Å². The maximum Gasteiger partial charge on any atom is 0.220 e. The highest BCUT2D eigenvalue weighted by atomic mass is 16.7. The Hall–Kier alpha value is -3.61. The zero-order valence-electron chi connectivity index (χ0n) is 49.0. The molecule has 2 aliphatic heterocycles. The van der Waals surface area contributed by atoms with E-state index in [-0.39, 0.29) is 18.9 Å². The summed E-state index contributed by atoms with van der Waals surface area (Å²) in [5.41, 5.74) is 0. The van der Waals surface area contributed by atoms with Gasteiger partial charge in [0, 0.05) is 6.42 Å². The molecular formula is C66H109NO13. The van der Waals surface area contributed by atoms with Gasteiger partial charge in [0.25, 0.3) is 0 Å². The van der Waals surface area contributed by atoms with Gasteiger partial charge in [-0.25, -0.2) is 0 Å². The first kappa shape index (κ1) is 72.5. The number of nitrogens with one attached hydrogen (secondary N) is 1. The molecule has 0 aromatic carbocycles. The van der Waals surface area contributed by atoms with Crippen molar-refractivity contribution in [2.75, 3.05) is 19.8 Å². The molecule has 12 unspecified atom stereocenters. The zero-order valence-corrected chi connectivity index (χ0v) is 49.0. The van der Waals surface area contributed by atoms with Crippen molar-refractivity contribution in [2.24, 2.45) is 0 Å². The van der Waals surface area contributed by atoms with Gasteiger partial charge in [-0.05, 0) is 103 Å². The van der Waals surface area contributed by atoms with Crippen LogP contribution in [0, 0.1) is 0 Å². The molecule has 9 N–H and O–H groups in total. The van der Waals surface area contributed by atoms with Crippen molar-refractivity contribution in [1.82, 2.24) is 5.32 Å². The summed E-state index contributed by atoms with van der Waals surface area (Å²) in [6, 6.07) is -0.958. The molecule has 2 heterocycles. The van der Waals surface area contributed by atoms with Crippen molar-refractivity contribution < 1.29 is 64.6 Å². The van der Waals surface area contributed by atoms with Gasteiger partial charge in [0.2, 0.25) is 5.91 Å². The van der Waals surface area contributed by atoms with Crippen LogP contribution in [0.15, 0.2) is 122 Å². The molecule has 80 heavy (non-hydrogen) atoms. The Labute approximate surface area is 482 Å². The topological polar surface area (TPSA) is 228 Å². The second-order valence-electron chi connectivity index (χ2n) is 21.1. The van der Waals surface area contributed by atoms with Gasteiger partial charge >= 0.3 is 0 Å². The number of carbonyl (C=O) groups excluding carboxylic acids is 1. The van der Waals surface area contributed by atoms with E-state index in [0.29, 0.717) is 12.8 Å². The lowest BCUT2D eigenvalue weighted by atomic mass is 9.97. The van der Waals surface area contributed by atoms with E-state index >= 15 is 0 Å². The lowest BCUT2D eigenvalue weighted by Crippen LogP contribution is -2.65. The van der Waals surface area contributed by atoms with E-state index in [1.807, 2.05) is 6.08 Å². The summed E-state index contributed by atoms with van der Waals surface area (Å²) >= 11 is 0. The van der Waals surface area contributed by atoms with Crippen molar-refractivity contribution in [1.29, 1.82) is 0 Å². The van der Waals surface area contributed by atoms with Gasteiger partial charge in [0.1, 0.15) is 48.8 Å². The Morgan fingerprint density at radius 3 is 1.38 bits per heavy atom. The molecule has 14 heteroatoms. The van der Waals surface area contributed by atoms with Gasteiger partial charge in [0.15, 0.2) is 12.6 Å². The van der Waals surface area contributed by atoms with Crippen LogP contribution in [0.4, 0.5) is 0 Å². The fraction of sp³-hybridized carbons (Fsp3) is 0.682. The fourth-order valence-corrected chi connectivity index (χ4v) is 9.18. The fourth-order valence-electron chi connectivity index (χ4n) is 9.18. The van der Waals surface area contributed by atoms with E-state index in [1.54, 1.807) is 6.08 Å². The zero-order chi connectivity index (χ0) is 58.1. The number of allylic oxidation sites excluding steroid dienone is 19. The summed E-state index contributed by atoms with van der Waals surface area (Å²) in [6.07, 6.45) is 55.1. The van der Waals surface area contributed by atoms with Crippen LogP contribution in [-0.2, 0) is 23.7 Å². The van der Waals surface area contributed by atoms with Gasteiger partial charge in [-0.1, -0.05) is 206 Å². The molecule has 1 amide bonds. The minimum Gasteiger partial charge on any atom is -0.394 e. The summed E-state index contributed by atoms with van der Waals surface area (Å²) in [5, 5.41) is 87.1. The van der Waals surface area contributed by atoms with Crippen LogP contribution >= 0.6 is 0 Å². The predicted molar refractivity (Wildman–Crippen MR) is 322 cm³/mol. The Kier molecular flexibility index (Phi) is 45.3. The number of unbranched alkanes of at least 4 members (excludes halogenated alkanes) is 16. The third-order valence-electron chi connectivity index (χ3n) is 14.1. The van der Waals surface area contributed by atoms with Gasteiger partial charge < -0.3 is 65.1 Å². The Morgan fingerprint density at radius 1 is 0.463 bits per heavy atom. The van der Waals surface area contributed by atoms with E-state index in [2.05, 4.69) is 129 Å². The Bertz CT molecular complexity index is 1800. The molecule has 14 nitrogen and oxygen atoms in total. The Balaban J connectivity index is 1.79. The van der Waals surface area contributed by atoms with Gasteiger partial charge in [-0.2, -0.15) is 0 Å². The molecular weight excluding hydrogens is 1010 g/mol. The minimum absolute atomic E-state index is 0.239. The molecule has 0 bridgehead atoms. The van der Waals surface area contributed by atoms with Crippen LogP contribution in [0.3, 0.4) is 0 Å². The summed E-state index contributed by atoms with van der Waals surface area (Å²) in [7, 11) is 0. The maximum atomic E-state index is 13.3. The molecule has 0 aromatic rings. The minimum atomic E-state index is -1.80. The van der Waals surface area contributed by atoms with E-state index in [0.717, 1.165) is 103 Å². The van der Waals surface area contributed by atoms with Crippen molar-refractivity contribution in [3.8, 4) is 0 Å². The average molecular weight is 1120 g/mol. The highest BCUT2D eigenvalue weighted by molar-refractivity contribution is 5.76. The molecule has 0 aromatic heterocycles. The number of hydrogen-bond acceptors (Lipinski definition) is 13. The van der Waals surface area contributed by atoms with Crippen molar-refractivity contribution in [3.05, 3.63) is 122 Å². The van der Waals surface area contributed by atoms with Crippen LogP contribution in [0.25, 0.3) is 0 Å². The molecule has 2 aliphatic rings. The quantitative estimate of drug-likeness (QED) is 0.0204. The second kappa shape index (κ2) is 50.0. The molecule has 0 aliphatic carbocycles. The van der Waals surface area contributed by atoms with Crippen molar-refractivity contribution in [2.45, 2.75) is 267 Å². The predicted octanol–water partition coefficient (Wildman–Crippen LogP) is 11.0. The standard InChI is InChI=1S/C66H109NO13/c1-3-5-7-9-11-13-15-17-19-21-23-24-25-26-27-28-29-30-32-34-36-38-40-42-44-46-48-50-58(71)67-54(55(70)49-47-45-43-41-39-37-35-33-31-22-20-18-16-14-12-10-8-6-4-2)53-77-65-63(76)61(74)64(57(52-69)79-65)80-66-62(75)60(73)59(72)56(51-68)78-66/h5,7,11,13,17,19,23-24,26-27,29-31,33-34,36,39,41,47,49,54-57,59-66,68-70,72-76H,3-4,6,8-10,12,14-16,18,20-22,25,28,32,35,37-38,40,42-46,48,50-53H2,1-2H3,(H,67,71)/b7-5-,13-11-,19-17-,24-23-,27-26-,30-29-,33-31+,36-34-,41-39+,49-47+. The number of amides is 1. The Morgan fingerprint density at radius 2 is 0.875 bits per heavy atom. The number of rotatable bonds is 47. The van der Waals surface area contributed by atoms with Gasteiger partial charge in [-0.3, -0.25) is 4.79 Å². The van der Waals surface area contributed by atoms with E-state index in [4.69, 9.17) is 18.9 Å². The first-order chi connectivity index (χ1) is 39.1. The van der Waals surface area contributed by atoms with Crippen LogP contribution in [0.1, 0.15) is 194 Å². The third-order valence-corrected chi connectivity index (χ3v) is 14.1. The van der Waals surface area contributed by atoms with Gasteiger partial charge in [-0.15, -0.1) is 0 Å². The maximum absolute atomic E-state index is 13.3. The molecule has 2 rings (SSSR count). The molecule has 0 radical (unpaired) electrons. The largest absolute Gasteiger partial charge is 0.394 e. The molecule has 2 saturated heterocycles. The van der Waals surface area contributed by atoms with Crippen LogP contribution in [0.2, 0.25) is 0 Å². The van der Waals surface area contributed by atoms with Crippen LogP contribution in [0.5, 0.6) is 0 Å². The molecule has 0 saturated carbocycles. The van der Waals surface area contributed by atoms with Crippen LogP contribution in [-0.4, -0.2) is 140 Å². The van der Waals surface area contributed by atoms with Crippen molar-refractivity contribution >= 4 is 5.91 Å². The first-order valence-electron chi connectivity index (χ1n) is 30.8. The summed E-state index contributed by atoms with van der Waals surface area (Å²) in [4.78, 5) is 13.3. The summed E-state index contributed by atoms with van der Waals surface area (Å²) in [6.45, 7) is 2.63. The van der Waals surface area contributed by atoms with Crippen LogP contribution < -0.4 is 5.32 Å². The van der Waals surface area contributed by atoms with E-state index < -0.39 is 86.8 Å². The monoisotopic (exact) mass is 1120 g/mol. The average Bonchev–Trinajstić information content (AvgIpc) is 3.49. The van der Waals surface area contributed by atoms with E-state index in [9.17, 15) is 45.6 Å². The SMILES string of the molecule is CC/C=C\C/C=C\C/C=C\C/C=C\C/C=C\C/C=C\C/C=C\CCCCCCCC(=O)NC(COC1OC(CO)C(OC2OC(CO)C(O)C(O)C2O)C(O)C1O)C(O)/C=C/CC/C=C/CC/C=C/CCCCCCCCCCC. The summed E-state index contributed by atoms with van der Waals surface area (Å²) in [5.74, 6) is -0.278. The van der Waals surface area contributed by atoms with E-state index in [1.165, 1.54) is 57.8 Å². The number of aliphatic hydroxyl groups excluding tert-OH is 8. The smallest absolute Gasteiger partial charge is 0.220 e. The number of carbonyl (C=O) groups is 1. The lowest BCUT2D eigenvalue weighted by Gasteiger charge is -2.46. The first-order valence-corrected chi connectivity index (χ1v) is 30.8. The number of aliphatic hydroxyl groups is 8. The highest BCUT2D eigenvalue weighted by Crippen LogP contribution is 2.30. The lowest BCUT2D eigenvalue weighted by molar-refractivity contribution is -0.359. The van der Waals surface area contributed by atoms with Gasteiger partial charge in [0.05, 0.1) is 32.0 Å². The second-order valence-corrected chi connectivity index (χ2v) is 21.1.